The lowest BCUT2D eigenvalue weighted by Gasteiger charge is -2.09. The number of nitrogens with one attached hydrogen (secondary N) is 1. The zero-order valence-electron chi connectivity index (χ0n) is 11.6. The van der Waals surface area contributed by atoms with Crippen molar-refractivity contribution in [3.05, 3.63) is 48.0 Å². The minimum atomic E-state index is 0.0212. The van der Waals surface area contributed by atoms with E-state index < -0.39 is 0 Å². The molecule has 0 aliphatic rings. The number of hydrogen-bond acceptors (Lipinski definition) is 2. The third-order valence-corrected chi connectivity index (χ3v) is 3.03. The highest BCUT2D eigenvalue weighted by Crippen LogP contribution is 2.11. The van der Waals surface area contributed by atoms with Gasteiger partial charge < -0.3 is 9.88 Å². The molecule has 0 aliphatic heterocycles. The van der Waals surface area contributed by atoms with Gasteiger partial charge in [-0.15, -0.1) is 0 Å². The number of carbonyl (C=O) groups excluding carboxylic acids is 1. The molecular weight excluding hydrogens is 238 g/mol. The van der Waals surface area contributed by atoms with Crippen LogP contribution in [0.1, 0.15) is 25.2 Å². The van der Waals surface area contributed by atoms with Gasteiger partial charge in [-0.3, -0.25) is 4.79 Å². The van der Waals surface area contributed by atoms with Gasteiger partial charge in [-0.1, -0.05) is 26.0 Å². The van der Waals surface area contributed by atoms with Crippen LogP contribution in [0.2, 0.25) is 0 Å². The first-order valence-corrected chi connectivity index (χ1v) is 6.45. The quantitative estimate of drug-likeness (QED) is 0.914. The van der Waals surface area contributed by atoms with Gasteiger partial charge in [0.15, 0.2) is 0 Å². The van der Waals surface area contributed by atoms with Crippen LogP contribution in [0.25, 0.3) is 5.69 Å². The van der Waals surface area contributed by atoms with Crippen molar-refractivity contribution in [2.24, 2.45) is 5.92 Å². The van der Waals surface area contributed by atoms with Crippen LogP contribution in [-0.2, 0) is 11.3 Å². The Kier molecular flexibility index (Phi) is 4.00. The van der Waals surface area contributed by atoms with Crippen LogP contribution >= 0.6 is 0 Å². The normalized spacial score (nSPS) is 10.7. The number of aromatic nitrogens is 2. The first kappa shape index (κ1) is 13.3. The summed E-state index contributed by atoms with van der Waals surface area (Å²) in [5.74, 6) is 1.06. The molecule has 1 aromatic carbocycles. The van der Waals surface area contributed by atoms with Crippen molar-refractivity contribution >= 4 is 5.91 Å². The van der Waals surface area contributed by atoms with Gasteiger partial charge >= 0.3 is 0 Å². The van der Waals surface area contributed by atoms with Gasteiger partial charge in [0, 0.05) is 30.5 Å². The Bertz CT molecular complexity index is 555. The smallest absolute Gasteiger partial charge is 0.222 e. The summed E-state index contributed by atoms with van der Waals surface area (Å²) in [6.45, 7) is 6.32. The lowest BCUT2D eigenvalue weighted by Crippen LogP contribution is -2.27. The lowest BCUT2D eigenvalue weighted by molar-refractivity contribution is -0.124. The van der Waals surface area contributed by atoms with Crippen LogP contribution in [0, 0.1) is 12.8 Å². The summed E-state index contributed by atoms with van der Waals surface area (Å²) in [5, 5.41) is 2.91. The second-order valence-electron chi connectivity index (χ2n) is 4.88. The highest BCUT2D eigenvalue weighted by atomic mass is 16.1. The van der Waals surface area contributed by atoms with E-state index in [0.29, 0.717) is 6.54 Å². The number of hydrogen-bond donors (Lipinski definition) is 1. The summed E-state index contributed by atoms with van der Waals surface area (Å²) in [6, 6.07) is 8.11. The van der Waals surface area contributed by atoms with E-state index in [2.05, 4.69) is 10.3 Å². The number of amides is 1. The zero-order chi connectivity index (χ0) is 13.8. The van der Waals surface area contributed by atoms with Crippen LogP contribution < -0.4 is 5.32 Å². The average Bonchev–Trinajstić information content (AvgIpc) is 2.82. The average molecular weight is 257 g/mol. The molecule has 1 amide bonds. The fraction of sp³-hybridized carbons (Fsp3) is 0.333. The van der Waals surface area contributed by atoms with Gasteiger partial charge in [0.05, 0.1) is 0 Å². The lowest BCUT2D eigenvalue weighted by atomic mass is 10.1. The molecule has 0 atom stereocenters. The third kappa shape index (κ3) is 3.22. The molecule has 1 aromatic heterocycles. The monoisotopic (exact) mass is 257 g/mol. The first-order valence-electron chi connectivity index (χ1n) is 6.45. The molecule has 0 unspecified atom stereocenters. The molecule has 4 nitrogen and oxygen atoms in total. The molecule has 0 saturated carbocycles. The highest BCUT2D eigenvalue weighted by molar-refractivity contribution is 5.77. The summed E-state index contributed by atoms with van der Waals surface area (Å²) in [4.78, 5) is 15.7. The molecule has 0 aliphatic carbocycles. The Balaban J connectivity index is 2.03. The topological polar surface area (TPSA) is 46.9 Å². The van der Waals surface area contributed by atoms with E-state index in [1.165, 1.54) is 0 Å². The van der Waals surface area contributed by atoms with E-state index in [1.807, 2.05) is 55.8 Å². The van der Waals surface area contributed by atoms with E-state index in [9.17, 15) is 4.79 Å². The van der Waals surface area contributed by atoms with Crippen molar-refractivity contribution in [1.82, 2.24) is 14.9 Å². The molecular formula is C15H19N3O. The maximum atomic E-state index is 11.5. The fourth-order valence-corrected chi connectivity index (χ4v) is 1.82. The van der Waals surface area contributed by atoms with Gasteiger partial charge in [-0.05, 0) is 24.6 Å². The molecule has 0 fully saturated rings. The molecule has 0 saturated heterocycles. The van der Waals surface area contributed by atoms with Gasteiger partial charge in [0.25, 0.3) is 0 Å². The molecule has 100 valence electrons. The predicted molar refractivity (Wildman–Crippen MR) is 75.0 cm³/mol. The molecule has 1 N–H and O–H groups in total. The van der Waals surface area contributed by atoms with E-state index in [1.54, 1.807) is 6.20 Å². The molecule has 4 heteroatoms. The number of imidazole rings is 1. The second-order valence-corrected chi connectivity index (χ2v) is 4.88. The number of aryl methyl sites for hydroxylation is 1. The van der Waals surface area contributed by atoms with Gasteiger partial charge in [-0.2, -0.15) is 0 Å². The molecule has 1 heterocycles. The number of nitrogens with zero attached hydrogens (tertiary/aromatic N) is 2. The summed E-state index contributed by atoms with van der Waals surface area (Å²) in [7, 11) is 0. The van der Waals surface area contributed by atoms with E-state index in [4.69, 9.17) is 0 Å². The third-order valence-electron chi connectivity index (χ3n) is 3.03. The fourth-order valence-electron chi connectivity index (χ4n) is 1.82. The highest BCUT2D eigenvalue weighted by Gasteiger charge is 2.06. The van der Waals surface area contributed by atoms with Crippen molar-refractivity contribution in [1.29, 1.82) is 0 Å². The molecule has 0 spiro atoms. The zero-order valence-corrected chi connectivity index (χ0v) is 11.6. The van der Waals surface area contributed by atoms with Gasteiger partial charge in [0.1, 0.15) is 5.82 Å². The maximum Gasteiger partial charge on any atom is 0.222 e. The molecule has 0 radical (unpaired) electrons. The van der Waals surface area contributed by atoms with Crippen LogP contribution in [0.3, 0.4) is 0 Å². The van der Waals surface area contributed by atoms with E-state index >= 15 is 0 Å². The van der Waals surface area contributed by atoms with Crippen LogP contribution in [0.4, 0.5) is 0 Å². The summed E-state index contributed by atoms with van der Waals surface area (Å²) in [6.07, 6.45) is 3.72. The Morgan fingerprint density at radius 1 is 1.32 bits per heavy atom. The Morgan fingerprint density at radius 2 is 2.00 bits per heavy atom. The first-order chi connectivity index (χ1) is 9.08. The summed E-state index contributed by atoms with van der Waals surface area (Å²) >= 11 is 0. The SMILES string of the molecule is Cc1nccn1-c1ccc(CNC(=O)C(C)C)cc1. The van der Waals surface area contributed by atoms with Gasteiger partial charge in [0.2, 0.25) is 5.91 Å². The molecule has 2 rings (SSSR count). The maximum absolute atomic E-state index is 11.5. The molecule has 2 aromatic rings. The largest absolute Gasteiger partial charge is 0.352 e. The minimum Gasteiger partial charge on any atom is -0.352 e. The number of rotatable bonds is 4. The van der Waals surface area contributed by atoms with Crippen LogP contribution in [0.15, 0.2) is 36.7 Å². The summed E-state index contributed by atoms with van der Waals surface area (Å²) in [5.41, 5.74) is 2.17. The predicted octanol–water partition coefficient (Wildman–Crippen LogP) is 2.45. The van der Waals surface area contributed by atoms with Crippen molar-refractivity contribution in [3.63, 3.8) is 0 Å². The van der Waals surface area contributed by atoms with E-state index in [-0.39, 0.29) is 11.8 Å². The van der Waals surface area contributed by atoms with Crippen molar-refractivity contribution < 1.29 is 4.79 Å². The summed E-state index contributed by atoms with van der Waals surface area (Å²) < 4.78 is 2.02. The molecule has 0 bridgehead atoms. The number of benzene rings is 1. The molecule has 19 heavy (non-hydrogen) atoms. The number of carbonyl (C=O) groups is 1. The Morgan fingerprint density at radius 3 is 2.53 bits per heavy atom. The van der Waals surface area contributed by atoms with Crippen LogP contribution in [-0.4, -0.2) is 15.5 Å². The standard InChI is InChI=1S/C15H19N3O/c1-11(2)15(19)17-10-13-4-6-14(7-5-13)18-9-8-16-12(18)3/h4-9,11H,10H2,1-3H3,(H,17,19). The Labute approximate surface area is 113 Å². The van der Waals surface area contributed by atoms with Gasteiger partial charge in [-0.25, -0.2) is 4.98 Å². The minimum absolute atomic E-state index is 0.0212. The van der Waals surface area contributed by atoms with Crippen molar-refractivity contribution in [2.75, 3.05) is 0 Å². The van der Waals surface area contributed by atoms with E-state index in [0.717, 1.165) is 17.1 Å². The van der Waals surface area contributed by atoms with Crippen LogP contribution in [0.5, 0.6) is 0 Å². The van der Waals surface area contributed by atoms with Crippen molar-refractivity contribution in [2.45, 2.75) is 27.3 Å². The van der Waals surface area contributed by atoms with Crippen molar-refractivity contribution in [3.8, 4) is 5.69 Å². The second kappa shape index (κ2) is 5.69. The Hall–Kier alpha value is -2.10.